The van der Waals surface area contributed by atoms with Crippen molar-refractivity contribution < 1.29 is 4.79 Å². The van der Waals surface area contributed by atoms with Crippen LogP contribution >= 0.6 is 0 Å². The molecule has 0 aliphatic carbocycles. The number of Topliss-reactive ketones (excluding diaryl/α,β-unsaturated/α-hetero) is 1. The van der Waals surface area contributed by atoms with Crippen molar-refractivity contribution in [3.05, 3.63) is 72.4 Å². The molecule has 0 aliphatic rings. The Hall–Kier alpha value is -2.68. The number of para-hydroxylation sites is 1. The van der Waals surface area contributed by atoms with Crippen molar-refractivity contribution in [2.45, 2.75) is 25.7 Å². The van der Waals surface area contributed by atoms with E-state index in [0.29, 0.717) is 6.42 Å². The summed E-state index contributed by atoms with van der Waals surface area (Å²) in [5, 5.41) is 4.63. The number of carbonyl (C=O) groups is 1. The van der Waals surface area contributed by atoms with Gasteiger partial charge in [0, 0.05) is 35.8 Å². The highest BCUT2D eigenvalue weighted by Gasteiger charge is 2.04. The molecule has 0 amide bonds. The van der Waals surface area contributed by atoms with E-state index >= 15 is 0 Å². The maximum absolute atomic E-state index is 12.0. The Morgan fingerprint density at radius 2 is 1.67 bits per heavy atom. The third kappa shape index (κ3) is 4.19. The molecule has 0 saturated carbocycles. The summed E-state index contributed by atoms with van der Waals surface area (Å²) in [4.78, 5) is 16.4. The summed E-state index contributed by atoms with van der Waals surface area (Å²) in [6.07, 6.45) is 5.51. The Morgan fingerprint density at radius 1 is 0.875 bits per heavy atom. The first-order valence-corrected chi connectivity index (χ1v) is 8.50. The number of pyridine rings is 1. The third-order valence-electron chi connectivity index (χ3n) is 4.14. The molecule has 0 saturated heterocycles. The molecule has 0 spiro atoms. The summed E-state index contributed by atoms with van der Waals surface area (Å²) < 4.78 is 0. The molecule has 3 heteroatoms. The lowest BCUT2D eigenvalue weighted by atomic mass is 10.0. The Bertz CT molecular complexity index is 794. The molecule has 1 N–H and O–H groups in total. The highest BCUT2D eigenvalue weighted by Crippen LogP contribution is 2.20. The van der Waals surface area contributed by atoms with Gasteiger partial charge in [0.2, 0.25) is 0 Å². The molecule has 0 fully saturated rings. The molecule has 0 atom stereocenters. The Morgan fingerprint density at radius 3 is 2.54 bits per heavy atom. The van der Waals surface area contributed by atoms with Gasteiger partial charge in [-0.1, -0.05) is 55.0 Å². The molecule has 1 heterocycles. The standard InChI is InChI=1S/C21H22N2O/c24-21(17-9-3-1-4-10-17)13-5-2-8-15-22-20-14-16-23-19-12-7-6-11-18(19)20/h1,3-4,6-7,9-12,14,16H,2,5,8,13,15H2,(H,22,23). The Labute approximate surface area is 142 Å². The van der Waals surface area contributed by atoms with Crippen molar-refractivity contribution in [3.63, 3.8) is 0 Å². The molecule has 0 radical (unpaired) electrons. The molecular formula is C21H22N2O. The molecule has 0 bridgehead atoms. The van der Waals surface area contributed by atoms with Crippen molar-refractivity contribution in [1.29, 1.82) is 0 Å². The minimum absolute atomic E-state index is 0.240. The first-order chi connectivity index (χ1) is 11.8. The zero-order valence-electron chi connectivity index (χ0n) is 13.7. The van der Waals surface area contributed by atoms with E-state index in [-0.39, 0.29) is 5.78 Å². The van der Waals surface area contributed by atoms with Crippen LogP contribution in [0, 0.1) is 0 Å². The van der Waals surface area contributed by atoms with Gasteiger partial charge in [-0.15, -0.1) is 0 Å². The number of anilines is 1. The van der Waals surface area contributed by atoms with Crippen LogP contribution in [0.15, 0.2) is 66.9 Å². The number of hydrogen-bond donors (Lipinski definition) is 1. The fraction of sp³-hybridized carbons (Fsp3) is 0.238. The second kappa shape index (κ2) is 8.25. The molecule has 3 aromatic rings. The predicted molar refractivity (Wildman–Crippen MR) is 99.5 cm³/mol. The highest BCUT2D eigenvalue weighted by atomic mass is 16.1. The number of nitrogens with one attached hydrogen (secondary N) is 1. The molecule has 0 unspecified atom stereocenters. The number of ketones is 1. The largest absolute Gasteiger partial charge is 0.384 e. The molecular weight excluding hydrogens is 296 g/mol. The monoisotopic (exact) mass is 318 g/mol. The van der Waals surface area contributed by atoms with E-state index in [2.05, 4.69) is 16.4 Å². The van der Waals surface area contributed by atoms with Crippen LogP contribution in [0.25, 0.3) is 10.9 Å². The van der Waals surface area contributed by atoms with Crippen LogP contribution in [0.1, 0.15) is 36.0 Å². The number of nitrogens with zero attached hydrogens (tertiary/aromatic N) is 1. The fourth-order valence-corrected chi connectivity index (χ4v) is 2.83. The van der Waals surface area contributed by atoms with Gasteiger partial charge in [-0.3, -0.25) is 9.78 Å². The number of hydrogen-bond acceptors (Lipinski definition) is 3. The quantitative estimate of drug-likeness (QED) is 0.464. The smallest absolute Gasteiger partial charge is 0.162 e. The van der Waals surface area contributed by atoms with E-state index in [1.54, 1.807) is 0 Å². The van der Waals surface area contributed by atoms with Gasteiger partial charge in [0.25, 0.3) is 0 Å². The van der Waals surface area contributed by atoms with Gasteiger partial charge >= 0.3 is 0 Å². The van der Waals surface area contributed by atoms with Crippen LogP contribution in [0.3, 0.4) is 0 Å². The van der Waals surface area contributed by atoms with Gasteiger partial charge in [-0.05, 0) is 25.0 Å². The number of rotatable bonds is 8. The summed E-state index contributed by atoms with van der Waals surface area (Å²) in [6, 6.07) is 19.7. The van der Waals surface area contributed by atoms with Crippen LogP contribution in [-0.2, 0) is 0 Å². The Balaban J connectivity index is 1.40. The minimum atomic E-state index is 0.240. The highest BCUT2D eigenvalue weighted by molar-refractivity contribution is 5.95. The second-order valence-electron chi connectivity index (χ2n) is 5.90. The number of aromatic nitrogens is 1. The summed E-state index contributed by atoms with van der Waals surface area (Å²) in [6.45, 7) is 0.910. The zero-order valence-corrected chi connectivity index (χ0v) is 13.7. The molecule has 3 rings (SSSR count). The van der Waals surface area contributed by atoms with Gasteiger partial charge in [-0.25, -0.2) is 0 Å². The predicted octanol–water partition coefficient (Wildman–Crippen LogP) is 5.09. The van der Waals surface area contributed by atoms with Crippen molar-refractivity contribution in [1.82, 2.24) is 4.98 Å². The molecule has 122 valence electrons. The van der Waals surface area contributed by atoms with E-state index in [4.69, 9.17) is 0 Å². The molecule has 1 aromatic heterocycles. The topological polar surface area (TPSA) is 42.0 Å². The van der Waals surface area contributed by atoms with Crippen LogP contribution in [0.2, 0.25) is 0 Å². The molecule has 2 aromatic carbocycles. The average molecular weight is 318 g/mol. The van der Waals surface area contributed by atoms with E-state index < -0.39 is 0 Å². The summed E-state index contributed by atoms with van der Waals surface area (Å²) in [5.41, 5.74) is 2.95. The lowest BCUT2D eigenvalue weighted by molar-refractivity contribution is 0.0979. The van der Waals surface area contributed by atoms with Crippen LogP contribution < -0.4 is 5.32 Å². The fourth-order valence-electron chi connectivity index (χ4n) is 2.83. The van der Waals surface area contributed by atoms with Crippen molar-refractivity contribution in [2.75, 3.05) is 11.9 Å². The summed E-state index contributed by atoms with van der Waals surface area (Å²) in [5.74, 6) is 0.240. The SMILES string of the molecule is O=C(CCCCCNc1ccnc2ccccc12)c1ccccc1. The van der Waals surface area contributed by atoms with E-state index in [1.807, 2.05) is 60.8 Å². The normalized spacial score (nSPS) is 10.7. The average Bonchev–Trinajstić information content (AvgIpc) is 2.65. The van der Waals surface area contributed by atoms with Crippen molar-refractivity contribution in [2.24, 2.45) is 0 Å². The van der Waals surface area contributed by atoms with Gasteiger partial charge < -0.3 is 5.32 Å². The van der Waals surface area contributed by atoms with Crippen LogP contribution in [-0.4, -0.2) is 17.3 Å². The number of benzene rings is 2. The minimum Gasteiger partial charge on any atom is -0.384 e. The maximum Gasteiger partial charge on any atom is 0.162 e. The van der Waals surface area contributed by atoms with Gasteiger partial charge in [-0.2, -0.15) is 0 Å². The first-order valence-electron chi connectivity index (χ1n) is 8.50. The lowest BCUT2D eigenvalue weighted by Crippen LogP contribution is -2.03. The summed E-state index contributed by atoms with van der Waals surface area (Å²) in [7, 11) is 0. The van der Waals surface area contributed by atoms with E-state index in [0.717, 1.165) is 48.0 Å². The Kier molecular flexibility index (Phi) is 5.56. The molecule has 24 heavy (non-hydrogen) atoms. The van der Waals surface area contributed by atoms with Crippen molar-refractivity contribution in [3.8, 4) is 0 Å². The first kappa shape index (κ1) is 16.2. The summed E-state index contributed by atoms with van der Waals surface area (Å²) >= 11 is 0. The number of unbranched alkanes of at least 4 members (excludes halogenated alkanes) is 2. The molecule has 0 aliphatic heterocycles. The zero-order chi connectivity index (χ0) is 16.6. The number of carbonyl (C=O) groups excluding carboxylic acids is 1. The van der Waals surface area contributed by atoms with Gasteiger partial charge in [0.05, 0.1) is 5.52 Å². The van der Waals surface area contributed by atoms with Crippen LogP contribution in [0.4, 0.5) is 5.69 Å². The van der Waals surface area contributed by atoms with Gasteiger partial charge in [0.1, 0.15) is 0 Å². The van der Waals surface area contributed by atoms with E-state index in [9.17, 15) is 4.79 Å². The lowest BCUT2D eigenvalue weighted by Gasteiger charge is -2.09. The number of fused-ring (bicyclic) bond motifs is 1. The second-order valence-corrected chi connectivity index (χ2v) is 5.90. The van der Waals surface area contributed by atoms with E-state index in [1.165, 1.54) is 0 Å². The van der Waals surface area contributed by atoms with Gasteiger partial charge in [0.15, 0.2) is 5.78 Å². The maximum atomic E-state index is 12.0. The van der Waals surface area contributed by atoms with Crippen LogP contribution in [0.5, 0.6) is 0 Å². The molecule has 3 nitrogen and oxygen atoms in total. The third-order valence-corrected chi connectivity index (χ3v) is 4.14. The van der Waals surface area contributed by atoms with Crippen molar-refractivity contribution >= 4 is 22.4 Å².